The van der Waals surface area contributed by atoms with Crippen LogP contribution in [-0.4, -0.2) is 9.97 Å². The van der Waals surface area contributed by atoms with Crippen LogP contribution in [0.25, 0.3) is 11.8 Å². The molecule has 3 heteroatoms. The number of aromatic amines is 2. The van der Waals surface area contributed by atoms with Gasteiger partial charge in [0.1, 0.15) is 5.35 Å². The summed E-state index contributed by atoms with van der Waals surface area (Å²) < 4.78 is 0. The number of rotatable bonds is 0. The topological polar surface area (TPSA) is 48.6 Å². The third-order valence-electron chi connectivity index (χ3n) is 1.29. The Kier molecular flexibility index (Phi) is 0.842. The van der Waals surface area contributed by atoms with Gasteiger partial charge in [0.2, 0.25) is 0 Å². The van der Waals surface area contributed by atoms with E-state index in [9.17, 15) is 4.79 Å². The number of aromatic nitrogens is 2. The molecule has 0 saturated carbocycles. The summed E-state index contributed by atoms with van der Waals surface area (Å²) in [7, 11) is 0. The zero-order valence-electron chi connectivity index (χ0n) is 5.06. The summed E-state index contributed by atoms with van der Waals surface area (Å²) >= 11 is 0. The molecule has 3 nitrogen and oxygen atoms in total. The van der Waals surface area contributed by atoms with Crippen molar-refractivity contribution < 1.29 is 0 Å². The van der Waals surface area contributed by atoms with Gasteiger partial charge in [0.25, 0.3) is 0 Å². The molecule has 0 radical (unpaired) electrons. The molecule has 1 aliphatic rings. The van der Waals surface area contributed by atoms with Crippen LogP contribution < -0.4 is 16.4 Å². The maximum atomic E-state index is 10.6. The third kappa shape index (κ3) is 0.594. The minimum absolute atomic E-state index is 0.203. The molecule has 1 heterocycles. The van der Waals surface area contributed by atoms with Crippen LogP contribution in [0.1, 0.15) is 0 Å². The van der Waals surface area contributed by atoms with Crippen molar-refractivity contribution in [2.24, 2.45) is 0 Å². The Morgan fingerprint density at radius 1 is 1.40 bits per heavy atom. The number of H-pyrrole nitrogens is 2. The predicted octanol–water partition coefficient (Wildman–Crippen LogP) is -1.41. The van der Waals surface area contributed by atoms with Crippen molar-refractivity contribution in [2.75, 3.05) is 0 Å². The van der Waals surface area contributed by atoms with Gasteiger partial charge < -0.3 is 4.98 Å². The van der Waals surface area contributed by atoms with Crippen molar-refractivity contribution in [3.63, 3.8) is 0 Å². The van der Waals surface area contributed by atoms with Crippen LogP contribution in [-0.2, 0) is 0 Å². The van der Waals surface area contributed by atoms with Gasteiger partial charge in [-0.2, -0.15) is 0 Å². The smallest absolute Gasteiger partial charge is 0.305 e. The van der Waals surface area contributed by atoms with Crippen LogP contribution in [0.5, 0.6) is 0 Å². The molecule has 0 bridgehead atoms. The van der Waals surface area contributed by atoms with Gasteiger partial charge in [0.15, 0.2) is 0 Å². The fraction of sp³-hybridized carbons (Fsp3) is 0. The average Bonchev–Trinajstić information content (AvgIpc) is 2.27. The quantitative estimate of drug-likeness (QED) is 0.418. The van der Waals surface area contributed by atoms with Crippen LogP contribution in [0.4, 0.5) is 0 Å². The molecule has 0 fully saturated rings. The van der Waals surface area contributed by atoms with Crippen LogP contribution >= 0.6 is 0 Å². The van der Waals surface area contributed by atoms with E-state index in [1.54, 1.807) is 12.2 Å². The van der Waals surface area contributed by atoms with E-state index in [-0.39, 0.29) is 5.69 Å². The highest BCUT2D eigenvalue weighted by atomic mass is 16.1. The molecule has 1 aromatic rings. The van der Waals surface area contributed by atoms with E-state index in [1.807, 2.05) is 0 Å². The second-order valence-electron chi connectivity index (χ2n) is 1.97. The van der Waals surface area contributed by atoms with Gasteiger partial charge in [-0.05, 0) is 17.9 Å². The molecule has 1 aromatic heterocycles. The molecule has 0 unspecified atom stereocenters. The van der Waals surface area contributed by atoms with Gasteiger partial charge in [0.05, 0.1) is 5.35 Å². The zero-order chi connectivity index (χ0) is 6.97. The first kappa shape index (κ1) is 5.12. The minimum atomic E-state index is -0.203. The normalized spacial score (nSPS) is 12.0. The minimum Gasteiger partial charge on any atom is -0.305 e. The maximum Gasteiger partial charge on any atom is 0.324 e. The molecule has 2 rings (SSSR count). The van der Waals surface area contributed by atoms with Gasteiger partial charge >= 0.3 is 5.69 Å². The molecule has 0 amide bonds. The van der Waals surface area contributed by atoms with E-state index in [0.29, 0.717) is 5.35 Å². The van der Waals surface area contributed by atoms with E-state index in [2.05, 4.69) is 21.4 Å². The lowest BCUT2D eigenvalue weighted by Crippen LogP contribution is -2.23. The van der Waals surface area contributed by atoms with Gasteiger partial charge in [0, 0.05) is 0 Å². The van der Waals surface area contributed by atoms with Crippen molar-refractivity contribution in [1.82, 2.24) is 9.97 Å². The molecule has 10 heavy (non-hydrogen) atoms. The van der Waals surface area contributed by atoms with Gasteiger partial charge in [-0.3, -0.25) is 4.98 Å². The summed E-state index contributed by atoms with van der Waals surface area (Å²) in [6.07, 6.45) is 3.47. The van der Waals surface area contributed by atoms with Crippen molar-refractivity contribution in [3.8, 4) is 0 Å². The highest BCUT2D eigenvalue weighted by Gasteiger charge is 1.88. The second kappa shape index (κ2) is 1.64. The lowest BCUT2D eigenvalue weighted by molar-refractivity contribution is 1.17. The molecular formula is C7H4N2O. The summed E-state index contributed by atoms with van der Waals surface area (Å²) in [5.41, 5.74) is 5.29. The Bertz CT molecular complexity index is 490. The van der Waals surface area contributed by atoms with Crippen LogP contribution in [0.15, 0.2) is 16.6 Å². The van der Waals surface area contributed by atoms with E-state index < -0.39 is 0 Å². The van der Waals surface area contributed by atoms with Crippen molar-refractivity contribution in [2.45, 2.75) is 0 Å². The number of imidazole rings is 1. The molecule has 0 aliphatic heterocycles. The highest BCUT2D eigenvalue weighted by Crippen LogP contribution is 1.67. The fourth-order valence-electron chi connectivity index (χ4n) is 0.859. The number of nitrogens with one attached hydrogen (secondary N) is 2. The highest BCUT2D eigenvalue weighted by molar-refractivity contribution is 5.40. The van der Waals surface area contributed by atoms with E-state index in [0.717, 1.165) is 5.35 Å². The first-order valence-corrected chi connectivity index (χ1v) is 2.86. The first-order valence-electron chi connectivity index (χ1n) is 2.86. The lowest BCUT2D eigenvalue weighted by Gasteiger charge is -1.73. The Labute approximate surface area is 55.7 Å². The number of fused-ring (bicyclic) bond motifs is 1. The monoisotopic (exact) mass is 132 g/mol. The molecule has 1 aliphatic carbocycles. The Morgan fingerprint density at radius 3 is 3.10 bits per heavy atom. The average molecular weight is 132 g/mol. The molecule has 0 atom stereocenters. The Morgan fingerprint density at radius 2 is 2.30 bits per heavy atom. The molecule has 0 aromatic carbocycles. The summed E-state index contributed by atoms with van der Waals surface area (Å²) in [6.45, 7) is 0. The van der Waals surface area contributed by atoms with E-state index >= 15 is 0 Å². The van der Waals surface area contributed by atoms with Crippen LogP contribution in [0, 0.1) is 0 Å². The SMILES string of the molecule is O=c1[nH]c2c([nH]1)=CC=C=C=2. The summed E-state index contributed by atoms with van der Waals surface area (Å²) in [5.74, 6) is 0. The number of hydrogen-bond acceptors (Lipinski definition) is 1. The van der Waals surface area contributed by atoms with Gasteiger partial charge in [-0.25, -0.2) is 4.79 Å². The number of allylic oxidation sites excluding steroid dienone is 1. The maximum absolute atomic E-state index is 10.6. The van der Waals surface area contributed by atoms with Crippen LogP contribution in [0.3, 0.4) is 0 Å². The first-order chi connectivity index (χ1) is 4.86. The zero-order valence-corrected chi connectivity index (χ0v) is 5.06. The fourth-order valence-corrected chi connectivity index (χ4v) is 0.859. The summed E-state index contributed by atoms with van der Waals surface area (Å²) in [5, 5.41) is 1.44. The van der Waals surface area contributed by atoms with Crippen molar-refractivity contribution in [1.29, 1.82) is 0 Å². The molecule has 2 N–H and O–H groups in total. The molecule has 48 valence electrons. The third-order valence-corrected chi connectivity index (χ3v) is 1.29. The van der Waals surface area contributed by atoms with E-state index in [1.165, 1.54) is 0 Å². The Balaban J connectivity index is 3.24. The predicted molar refractivity (Wildman–Crippen MR) is 36.6 cm³/mol. The standard InChI is InChI=1S/C7H4N2O/c10-7-8-5-3-1-2-4-6(5)9-7/h1,3H,(H2,8,9,10). The van der Waals surface area contributed by atoms with Crippen molar-refractivity contribution >= 4 is 11.8 Å². The van der Waals surface area contributed by atoms with Crippen molar-refractivity contribution in [3.05, 3.63) is 33.0 Å². The summed E-state index contributed by atoms with van der Waals surface area (Å²) in [4.78, 5) is 15.8. The Hall–Kier alpha value is -1.69. The molecular weight excluding hydrogens is 128 g/mol. The number of hydrogen-bond donors (Lipinski definition) is 2. The van der Waals surface area contributed by atoms with Crippen LogP contribution in [0.2, 0.25) is 0 Å². The molecule has 0 spiro atoms. The second-order valence-corrected chi connectivity index (χ2v) is 1.97. The largest absolute Gasteiger partial charge is 0.324 e. The summed E-state index contributed by atoms with van der Waals surface area (Å²) in [6, 6.07) is 0. The van der Waals surface area contributed by atoms with Gasteiger partial charge in [-0.15, -0.1) is 0 Å². The lowest BCUT2D eigenvalue weighted by atomic mass is 10.4. The van der Waals surface area contributed by atoms with E-state index in [4.69, 9.17) is 0 Å². The molecule has 0 saturated heterocycles. The van der Waals surface area contributed by atoms with Gasteiger partial charge in [-0.1, -0.05) is 5.73 Å².